The van der Waals surface area contributed by atoms with Crippen molar-refractivity contribution >= 4 is 34.4 Å². The molecule has 11 heteroatoms. The van der Waals surface area contributed by atoms with E-state index in [-0.39, 0.29) is 27.5 Å². The van der Waals surface area contributed by atoms with Crippen LogP contribution < -0.4 is 5.32 Å². The number of carboxylic acid groups (broad SMARTS) is 1. The summed E-state index contributed by atoms with van der Waals surface area (Å²) in [5, 5.41) is 13.0. The van der Waals surface area contributed by atoms with Gasteiger partial charge in [-0.05, 0) is 50.5 Å². The number of aliphatic carboxylic acids is 1. The molecule has 3 rings (SSSR count). The molecule has 1 atom stereocenters. The molecule has 0 aliphatic heterocycles. The molecule has 0 aliphatic carbocycles. The first-order valence-corrected chi connectivity index (χ1v) is 13.1. The summed E-state index contributed by atoms with van der Waals surface area (Å²) < 4.78 is 55.4. The zero-order valence-electron chi connectivity index (χ0n) is 21.7. The molecule has 0 bridgehead atoms. The Bertz CT molecular complexity index is 1340. The van der Waals surface area contributed by atoms with E-state index in [1.807, 2.05) is 6.92 Å². The van der Waals surface area contributed by atoms with E-state index in [2.05, 4.69) is 10.3 Å². The second-order valence-corrected chi connectivity index (χ2v) is 9.52. The average Bonchev–Trinajstić information content (AvgIpc) is 3.36. The predicted octanol–water partition coefficient (Wildman–Crippen LogP) is 6.86. The summed E-state index contributed by atoms with van der Waals surface area (Å²) in [5.74, 6) is -4.84. The quantitative estimate of drug-likeness (QED) is 0.174. The molecule has 0 radical (unpaired) electrons. The molecule has 1 unspecified atom stereocenters. The van der Waals surface area contributed by atoms with Crippen LogP contribution in [0, 0.1) is 17.5 Å². The van der Waals surface area contributed by atoms with E-state index in [4.69, 9.17) is 14.6 Å². The highest BCUT2D eigenvalue weighted by Crippen LogP contribution is 2.33. The number of hydrogen-bond donors (Lipinski definition) is 2. The van der Waals surface area contributed by atoms with Crippen LogP contribution in [0.5, 0.6) is 0 Å². The first-order valence-electron chi connectivity index (χ1n) is 12.2. The number of thiazole rings is 1. The molecule has 0 aliphatic rings. The monoisotopic (exact) mass is 562 g/mol. The first kappa shape index (κ1) is 30.0. The Labute approximate surface area is 228 Å². The van der Waals surface area contributed by atoms with Crippen molar-refractivity contribution in [1.29, 1.82) is 0 Å². The molecule has 0 fully saturated rings. The maximum absolute atomic E-state index is 15.5. The number of anilines is 1. The zero-order chi connectivity index (χ0) is 28.5. The summed E-state index contributed by atoms with van der Waals surface area (Å²) in [7, 11) is 1.52. The van der Waals surface area contributed by atoms with Gasteiger partial charge in [-0.1, -0.05) is 19.1 Å². The molecule has 2 aromatic carbocycles. The maximum atomic E-state index is 15.5. The van der Waals surface area contributed by atoms with Crippen LogP contribution in [-0.4, -0.2) is 42.3 Å². The fourth-order valence-corrected chi connectivity index (χ4v) is 4.48. The Hall–Kier alpha value is -3.54. The molecule has 1 heterocycles. The lowest BCUT2D eigenvalue weighted by Gasteiger charge is -2.17. The highest BCUT2D eigenvalue weighted by Gasteiger charge is 2.21. The molecule has 3 aromatic rings. The number of carboxylic acids is 1. The minimum absolute atomic E-state index is 0.0997. The van der Waals surface area contributed by atoms with Crippen molar-refractivity contribution in [2.24, 2.45) is 0 Å². The van der Waals surface area contributed by atoms with Gasteiger partial charge in [0, 0.05) is 53.5 Å². The van der Waals surface area contributed by atoms with Gasteiger partial charge in [0.25, 0.3) is 5.91 Å². The number of carbonyl (C=O) groups excluding carboxylic acids is 1. The van der Waals surface area contributed by atoms with Gasteiger partial charge >= 0.3 is 5.97 Å². The van der Waals surface area contributed by atoms with Crippen molar-refractivity contribution in [3.8, 4) is 11.3 Å². The topological polar surface area (TPSA) is 97.8 Å². The van der Waals surface area contributed by atoms with Crippen molar-refractivity contribution in [3.63, 3.8) is 0 Å². The third-order valence-corrected chi connectivity index (χ3v) is 6.56. The third kappa shape index (κ3) is 7.75. The standard InChI is InChI=1S/C28H29F3N2O5S/c1-4-10-38-11-6-9-24(37-3)19-8-5-7-18(25(19)31)23-15-39-28(32-23)33-26(34)17-13-21(29)20(22(30)14-17)12-16(2)27(35)36/h5,7-8,12-15,24H,4,6,9-11H2,1-3H3,(H,35,36)(H,32,33,34). The molecule has 1 aromatic heterocycles. The van der Waals surface area contributed by atoms with Gasteiger partial charge in [0.2, 0.25) is 0 Å². The Morgan fingerprint density at radius 3 is 2.54 bits per heavy atom. The summed E-state index contributed by atoms with van der Waals surface area (Å²) in [4.78, 5) is 27.9. The third-order valence-electron chi connectivity index (χ3n) is 5.80. The smallest absolute Gasteiger partial charge is 0.331 e. The number of benzene rings is 2. The molecule has 2 N–H and O–H groups in total. The summed E-state index contributed by atoms with van der Waals surface area (Å²) >= 11 is 1.02. The molecule has 0 saturated carbocycles. The molecule has 0 saturated heterocycles. The van der Waals surface area contributed by atoms with Crippen molar-refractivity contribution in [2.75, 3.05) is 25.6 Å². The highest BCUT2D eigenvalue weighted by atomic mass is 32.1. The lowest BCUT2D eigenvalue weighted by molar-refractivity contribution is -0.132. The van der Waals surface area contributed by atoms with Crippen LogP contribution >= 0.6 is 11.3 Å². The van der Waals surface area contributed by atoms with Crippen molar-refractivity contribution < 1.29 is 37.3 Å². The van der Waals surface area contributed by atoms with Gasteiger partial charge in [-0.15, -0.1) is 11.3 Å². The van der Waals surface area contributed by atoms with Crippen LogP contribution in [0.15, 0.2) is 41.3 Å². The van der Waals surface area contributed by atoms with E-state index in [0.717, 1.165) is 36.0 Å². The number of amides is 1. The number of rotatable bonds is 13. The van der Waals surface area contributed by atoms with Crippen LogP contribution in [0.2, 0.25) is 0 Å². The number of nitrogens with one attached hydrogen (secondary N) is 1. The van der Waals surface area contributed by atoms with Gasteiger partial charge in [-0.2, -0.15) is 0 Å². The van der Waals surface area contributed by atoms with Crippen LogP contribution in [0.1, 0.15) is 60.7 Å². The van der Waals surface area contributed by atoms with E-state index in [0.29, 0.717) is 31.6 Å². The van der Waals surface area contributed by atoms with Crippen LogP contribution in [-0.2, 0) is 14.3 Å². The molecular formula is C28H29F3N2O5S. The summed E-state index contributed by atoms with van der Waals surface area (Å²) in [5.41, 5.74) is -0.294. The van der Waals surface area contributed by atoms with Gasteiger partial charge in [0.05, 0.1) is 11.8 Å². The number of hydrogen-bond acceptors (Lipinski definition) is 6. The average molecular weight is 563 g/mol. The minimum atomic E-state index is -1.33. The van der Waals surface area contributed by atoms with E-state index in [1.165, 1.54) is 14.0 Å². The van der Waals surface area contributed by atoms with Gasteiger partial charge in [0.1, 0.15) is 17.5 Å². The minimum Gasteiger partial charge on any atom is -0.478 e. The largest absolute Gasteiger partial charge is 0.478 e. The molecule has 7 nitrogen and oxygen atoms in total. The Morgan fingerprint density at radius 2 is 1.90 bits per heavy atom. The molecule has 1 amide bonds. The summed E-state index contributed by atoms with van der Waals surface area (Å²) in [6, 6.07) is 6.50. The Balaban J connectivity index is 1.75. The summed E-state index contributed by atoms with van der Waals surface area (Å²) in [6.45, 7) is 4.44. The van der Waals surface area contributed by atoms with Gasteiger partial charge in [-0.3, -0.25) is 10.1 Å². The van der Waals surface area contributed by atoms with E-state index < -0.39 is 41.0 Å². The second kappa shape index (κ2) is 14.0. The molecule has 39 heavy (non-hydrogen) atoms. The fourth-order valence-electron chi connectivity index (χ4n) is 3.77. The SMILES string of the molecule is CCCOCCCC(OC)c1cccc(-c2csc(NC(=O)c3cc(F)c(C=C(C)C(=O)O)c(F)c3)n2)c1F. The predicted molar refractivity (Wildman–Crippen MR) is 143 cm³/mol. The summed E-state index contributed by atoms with van der Waals surface area (Å²) in [6.07, 6.45) is 2.56. The van der Waals surface area contributed by atoms with E-state index in [1.54, 1.807) is 23.6 Å². The number of carbonyl (C=O) groups is 2. The molecule has 208 valence electrons. The van der Waals surface area contributed by atoms with Gasteiger partial charge in [0.15, 0.2) is 5.13 Å². The van der Waals surface area contributed by atoms with E-state index in [9.17, 15) is 18.4 Å². The van der Waals surface area contributed by atoms with Crippen LogP contribution in [0.3, 0.4) is 0 Å². The van der Waals surface area contributed by atoms with Crippen molar-refractivity contribution in [3.05, 3.63) is 75.4 Å². The lowest BCUT2D eigenvalue weighted by atomic mass is 10.00. The van der Waals surface area contributed by atoms with Gasteiger partial charge < -0.3 is 14.6 Å². The normalized spacial score (nSPS) is 12.4. The number of ether oxygens (including phenoxy) is 2. The van der Waals surface area contributed by atoms with Crippen LogP contribution in [0.4, 0.5) is 18.3 Å². The van der Waals surface area contributed by atoms with Gasteiger partial charge in [-0.25, -0.2) is 22.9 Å². The second-order valence-electron chi connectivity index (χ2n) is 8.67. The number of nitrogens with zero attached hydrogens (tertiary/aromatic N) is 1. The Kier molecular flexibility index (Phi) is 10.8. The Morgan fingerprint density at radius 1 is 1.18 bits per heavy atom. The molecule has 0 spiro atoms. The van der Waals surface area contributed by atoms with E-state index >= 15 is 4.39 Å². The van der Waals surface area contributed by atoms with Crippen molar-refractivity contribution in [1.82, 2.24) is 4.98 Å². The fraction of sp³-hybridized carbons (Fsp3) is 0.321. The first-order chi connectivity index (χ1) is 18.7. The zero-order valence-corrected chi connectivity index (χ0v) is 22.5. The molecular weight excluding hydrogens is 533 g/mol. The maximum Gasteiger partial charge on any atom is 0.331 e. The van der Waals surface area contributed by atoms with Crippen LogP contribution in [0.25, 0.3) is 17.3 Å². The number of methoxy groups -OCH3 is 1. The number of halogens is 3. The van der Waals surface area contributed by atoms with Crippen molar-refractivity contribution in [2.45, 2.75) is 39.2 Å². The number of aromatic nitrogens is 1. The highest BCUT2D eigenvalue weighted by molar-refractivity contribution is 7.14. The lowest BCUT2D eigenvalue weighted by Crippen LogP contribution is -2.13.